The zero-order chi connectivity index (χ0) is 14.0. The second kappa shape index (κ2) is 5.98. The number of hydrogen-bond donors (Lipinski definition) is 1. The summed E-state index contributed by atoms with van der Waals surface area (Å²) < 4.78 is 0.237. The second-order valence-corrected chi connectivity index (χ2v) is 8.54. The van der Waals surface area contributed by atoms with Crippen molar-refractivity contribution in [3.05, 3.63) is 29.6 Å². The van der Waals surface area contributed by atoms with Crippen molar-refractivity contribution < 1.29 is 9.90 Å². The van der Waals surface area contributed by atoms with Gasteiger partial charge >= 0.3 is 5.97 Å². The first-order valence-electron chi connectivity index (χ1n) is 7.18. The van der Waals surface area contributed by atoms with Gasteiger partial charge in [0.05, 0.1) is 9.64 Å². The molecule has 1 aromatic rings. The number of carboxylic acid groups (broad SMARTS) is 1. The second-order valence-electron chi connectivity index (χ2n) is 5.44. The molecule has 3 nitrogen and oxygen atoms in total. The summed E-state index contributed by atoms with van der Waals surface area (Å²) in [4.78, 5) is 15.7. The zero-order valence-electron chi connectivity index (χ0n) is 11.4. The van der Waals surface area contributed by atoms with Crippen molar-refractivity contribution in [1.82, 2.24) is 4.98 Å². The van der Waals surface area contributed by atoms with Crippen molar-refractivity contribution in [3.63, 3.8) is 0 Å². The third-order valence-electron chi connectivity index (χ3n) is 4.17. The van der Waals surface area contributed by atoms with Crippen LogP contribution < -0.4 is 0 Å². The number of pyridine rings is 1. The zero-order valence-corrected chi connectivity index (χ0v) is 13.0. The molecule has 2 fully saturated rings. The highest BCUT2D eigenvalue weighted by Crippen LogP contribution is 2.57. The molecule has 1 saturated heterocycles. The fourth-order valence-electron chi connectivity index (χ4n) is 3.20. The molecule has 0 amide bonds. The summed E-state index contributed by atoms with van der Waals surface area (Å²) >= 11 is 4.16. The van der Waals surface area contributed by atoms with Gasteiger partial charge in [-0.1, -0.05) is 12.8 Å². The molecule has 3 rings (SSSR count). The van der Waals surface area contributed by atoms with Crippen molar-refractivity contribution in [2.75, 3.05) is 11.5 Å². The molecule has 0 radical (unpaired) electrons. The van der Waals surface area contributed by atoms with Crippen LogP contribution in [0.1, 0.15) is 54.1 Å². The van der Waals surface area contributed by atoms with Crippen LogP contribution in [0.5, 0.6) is 0 Å². The van der Waals surface area contributed by atoms with Crippen LogP contribution in [0.25, 0.3) is 0 Å². The van der Waals surface area contributed by atoms with Crippen molar-refractivity contribution in [3.8, 4) is 0 Å². The Morgan fingerprint density at radius 1 is 1.30 bits per heavy atom. The van der Waals surface area contributed by atoms with E-state index in [2.05, 4.69) is 28.5 Å². The smallest absolute Gasteiger partial charge is 0.335 e. The maximum absolute atomic E-state index is 11.2. The molecule has 2 heterocycles. The van der Waals surface area contributed by atoms with E-state index in [1.807, 2.05) is 0 Å². The fraction of sp³-hybridized carbons (Fsp3) is 0.600. The summed E-state index contributed by atoms with van der Waals surface area (Å²) in [5, 5.41) is 9.17. The minimum Gasteiger partial charge on any atom is -0.478 e. The van der Waals surface area contributed by atoms with Crippen LogP contribution in [0.3, 0.4) is 0 Å². The molecule has 5 heteroatoms. The van der Waals surface area contributed by atoms with E-state index in [4.69, 9.17) is 0 Å². The molecule has 2 aliphatic rings. The van der Waals surface area contributed by atoms with Crippen molar-refractivity contribution in [2.45, 2.75) is 42.1 Å². The molecule has 0 bridgehead atoms. The first kappa shape index (κ1) is 14.3. The van der Waals surface area contributed by atoms with E-state index >= 15 is 0 Å². The monoisotopic (exact) mass is 309 g/mol. The van der Waals surface area contributed by atoms with Crippen LogP contribution >= 0.6 is 23.5 Å². The number of thioether (sulfide) groups is 2. The molecule has 0 unspecified atom stereocenters. The number of hydrogen-bond acceptors (Lipinski definition) is 4. The van der Waals surface area contributed by atoms with Crippen LogP contribution in [-0.4, -0.2) is 31.6 Å². The van der Waals surface area contributed by atoms with Crippen LogP contribution in [0.15, 0.2) is 18.3 Å². The Morgan fingerprint density at radius 3 is 2.85 bits per heavy atom. The van der Waals surface area contributed by atoms with Crippen LogP contribution in [0.4, 0.5) is 0 Å². The lowest BCUT2D eigenvalue weighted by molar-refractivity contribution is 0.0696. The summed E-state index contributed by atoms with van der Waals surface area (Å²) in [6, 6.07) is 3.37. The summed E-state index contributed by atoms with van der Waals surface area (Å²) in [5.74, 6) is 1.98. The number of carboxylic acids is 1. The number of carbonyl (C=O) groups is 1. The molecule has 1 aliphatic carbocycles. The quantitative estimate of drug-likeness (QED) is 0.894. The molecule has 0 aromatic carbocycles. The molecule has 1 aliphatic heterocycles. The lowest BCUT2D eigenvalue weighted by atomic mass is 9.85. The lowest BCUT2D eigenvalue weighted by Gasteiger charge is -2.45. The normalized spacial score (nSPS) is 25.5. The first-order valence-corrected chi connectivity index (χ1v) is 9.15. The Hall–Kier alpha value is -0.680. The number of nitrogens with zero attached hydrogens (tertiary/aromatic N) is 1. The van der Waals surface area contributed by atoms with E-state index < -0.39 is 5.97 Å². The fourth-order valence-corrected chi connectivity index (χ4v) is 6.94. The Kier molecular flexibility index (Phi) is 4.26. The SMILES string of the molecule is O=C(O)c1ccnc([C@H]2CCCCC23SCCCS3)c1. The van der Waals surface area contributed by atoms with Crippen molar-refractivity contribution in [2.24, 2.45) is 0 Å². The van der Waals surface area contributed by atoms with Gasteiger partial charge in [0.25, 0.3) is 0 Å². The standard InChI is InChI=1S/C15H19NO2S2/c17-14(18)11-5-7-16-13(10-11)12-4-1-2-6-15(12)19-8-3-9-20-15/h5,7,10,12H,1-4,6,8-9H2,(H,17,18)/t12-/m1/s1. The van der Waals surface area contributed by atoms with Crippen LogP contribution in [0.2, 0.25) is 0 Å². The Labute approximate surface area is 127 Å². The van der Waals surface area contributed by atoms with E-state index in [1.54, 1.807) is 18.3 Å². The average Bonchev–Trinajstić information content (AvgIpc) is 2.49. The van der Waals surface area contributed by atoms with Gasteiger partial charge in [0, 0.05) is 17.8 Å². The van der Waals surface area contributed by atoms with Crippen LogP contribution in [-0.2, 0) is 0 Å². The van der Waals surface area contributed by atoms with Crippen LogP contribution in [0, 0.1) is 0 Å². The highest BCUT2D eigenvalue weighted by atomic mass is 32.2. The van der Waals surface area contributed by atoms with Crippen molar-refractivity contribution >= 4 is 29.5 Å². The van der Waals surface area contributed by atoms with E-state index in [0.717, 1.165) is 12.1 Å². The summed E-state index contributed by atoms with van der Waals surface area (Å²) in [5.41, 5.74) is 1.34. The number of aromatic carboxylic acids is 1. The molecule has 1 atom stereocenters. The molecule has 1 aromatic heterocycles. The maximum atomic E-state index is 11.2. The maximum Gasteiger partial charge on any atom is 0.335 e. The van der Waals surface area contributed by atoms with Gasteiger partial charge in [-0.15, -0.1) is 23.5 Å². The Balaban J connectivity index is 1.93. The summed E-state index contributed by atoms with van der Waals surface area (Å²) in [7, 11) is 0. The Morgan fingerprint density at radius 2 is 2.10 bits per heavy atom. The van der Waals surface area contributed by atoms with Gasteiger partial charge in [-0.25, -0.2) is 4.79 Å². The minimum absolute atomic E-state index is 0.237. The van der Waals surface area contributed by atoms with Crippen molar-refractivity contribution in [1.29, 1.82) is 0 Å². The molecule has 1 spiro atoms. The van der Waals surface area contributed by atoms with E-state index in [1.165, 1.54) is 37.2 Å². The highest BCUT2D eigenvalue weighted by Gasteiger charge is 2.44. The largest absolute Gasteiger partial charge is 0.478 e. The van der Waals surface area contributed by atoms with Gasteiger partial charge in [-0.3, -0.25) is 4.98 Å². The Bertz CT molecular complexity index is 492. The topological polar surface area (TPSA) is 50.2 Å². The highest BCUT2D eigenvalue weighted by molar-refractivity contribution is 8.18. The van der Waals surface area contributed by atoms with E-state index in [-0.39, 0.29) is 4.08 Å². The summed E-state index contributed by atoms with van der Waals surface area (Å²) in [6.45, 7) is 0. The molecule has 20 heavy (non-hydrogen) atoms. The van der Waals surface area contributed by atoms with E-state index in [9.17, 15) is 9.90 Å². The molecule has 108 valence electrons. The van der Waals surface area contributed by atoms with Gasteiger partial charge in [-0.2, -0.15) is 0 Å². The minimum atomic E-state index is -0.859. The molecule has 1 saturated carbocycles. The molecular formula is C15H19NO2S2. The summed E-state index contributed by atoms with van der Waals surface area (Å²) in [6.07, 6.45) is 7.81. The number of rotatable bonds is 2. The number of aromatic nitrogens is 1. The first-order chi connectivity index (χ1) is 9.71. The third-order valence-corrected chi connectivity index (χ3v) is 7.81. The average molecular weight is 309 g/mol. The van der Waals surface area contributed by atoms with Gasteiger partial charge < -0.3 is 5.11 Å². The third kappa shape index (κ3) is 2.70. The molecule has 1 N–H and O–H groups in total. The predicted molar refractivity (Wildman–Crippen MR) is 84.7 cm³/mol. The van der Waals surface area contributed by atoms with Gasteiger partial charge in [0.15, 0.2) is 0 Å². The van der Waals surface area contributed by atoms with Gasteiger partial charge in [0.1, 0.15) is 0 Å². The van der Waals surface area contributed by atoms with Gasteiger partial charge in [-0.05, 0) is 42.9 Å². The van der Waals surface area contributed by atoms with E-state index in [0.29, 0.717) is 11.5 Å². The lowest BCUT2D eigenvalue weighted by Crippen LogP contribution is -2.36. The molecular weight excluding hydrogens is 290 g/mol. The van der Waals surface area contributed by atoms with Gasteiger partial charge in [0.2, 0.25) is 0 Å². The predicted octanol–water partition coefficient (Wildman–Crippen LogP) is 4.00.